The molecule has 1 aromatic carbocycles. The molecule has 1 atom stereocenters. The topological polar surface area (TPSA) is 83.6 Å². The van der Waals surface area contributed by atoms with Gasteiger partial charge in [0.05, 0.1) is 5.56 Å². The average Bonchev–Trinajstić information content (AvgIpc) is 2.36. The van der Waals surface area contributed by atoms with E-state index in [9.17, 15) is 19.1 Å². The number of nitrogen functional groups attached to an aromatic ring is 1. The maximum atomic E-state index is 13.9. The Morgan fingerprint density at radius 3 is 2.67 bits per heavy atom. The number of benzene rings is 1. The van der Waals surface area contributed by atoms with Crippen LogP contribution in [0.5, 0.6) is 0 Å². The molecule has 6 heteroatoms. The number of likely N-dealkylation sites (tertiary alicyclic amines) is 1. The molecular weight excluding hydrogens is 275 g/mol. The van der Waals surface area contributed by atoms with E-state index in [-0.39, 0.29) is 11.3 Å². The van der Waals surface area contributed by atoms with Crippen LogP contribution in [0.4, 0.5) is 10.1 Å². The number of hydrogen-bond acceptors (Lipinski definition) is 3. The van der Waals surface area contributed by atoms with Gasteiger partial charge in [0.1, 0.15) is 11.9 Å². The van der Waals surface area contributed by atoms with Crippen LogP contribution >= 0.6 is 0 Å². The van der Waals surface area contributed by atoms with Gasteiger partial charge in [0.2, 0.25) is 0 Å². The van der Waals surface area contributed by atoms with Gasteiger partial charge in [-0.25, -0.2) is 9.18 Å². The molecule has 0 saturated carbocycles. The lowest BCUT2D eigenvalue weighted by molar-refractivity contribution is -0.148. The molecule has 0 radical (unpaired) electrons. The number of carbonyl (C=O) groups is 2. The van der Waals surface area contributed by atoms with E-state index in [0.717, 1.165) is 6.07 Å². The van der Waals surface area contributed by atoms with Gasteiger partial charge in [-0.2, -0.15) is 0 Å². The summed E-state index contributed by atoms with van der Waals surface area (Å²) in [5.74, 6) is -2.40. The van der Waals surface area contributed by atoms with Gasteiger partial charge < -0.3 is 15.7 Å². The lowest BCUT2D eigenvalue weighted by Gasteiger charge is -2.44. The second-order valence-corrected chi connectivity index (χ2v) is 6.07. The van der Waals surface area contributed by atoms with Gasteiger partial charge in [0, 0.05) is 12.2 Å². The molecule has 21 heavy (non-hydrogen) atoms. The molecule has 0 aliphatic carbocycles. The largest absolute Gasteiger partial charge is 0.480 e. The molecule has 0 spiro atoms. The summed E-state index contributed by atoms with van der Waals surface area (Å²) in [4.78, 5) is 25.3. The monoisotopic (exact) mass is 294 g/mol. The molecule has 3 N–H and O–H groups in total. The van der Waals surface area contributed by atoms with Crippen molar-refractivity contribution in [3.05, 3.63) is 29.6 Å². The summed E-state index contributed by atoms with van der Waals surface area (Å²) in [7, 11) is 0. The Morgan fingerprint density at radius 2 is 2.10 bits per heavy atom. The Bertz CT molecular complexity index is 586. The highest BCUT2D eigenvalue weighted by atomic mass is 19.1. The average molecular weight is 294 g/mol. The number of hydrogen-bond donors (Lipinski definition) is 2. The minimum atomic E-state index is -1.07. The van der Waals surface area contributed by atoms with Crippen molar-refractivity contribution in [1.82, 2.24) is 4.90 Å². The number of anilines is 1. The highest BCUT2D eigenvalue weighted by Crippen LogP contribution is 2.36. The molecule has 0 aromatic heterocycles. The molecule has 0 bridgehead atoms. The van der Waals surface area contributed by atoms with Crippen molar-refractivity contribution in [2.45, 2.75) is 32.7 Å². The van der Waals surface area contributed by atoms with Crippen LogP contribution < -0.4 is 5.73 Å². The third-order valence-corrected chi connectivity index (χ3v) is 3.99. The molecule has 114 valence electrons. The van der Waals surface area contributed by atoms with Crippen molar-refractivity contribution in [2.24, 2.45) is 5.41 Å². The van der Waals surface area contributed by atoms with Crippen LogP contribution in [0.15, 0.2) is 18.2 Å². The molecule has 1 unspecified atom stereocenters. The van der Waals surface area contributed by atoms with Gasteiger partial charge in [-0.1, -0.05) is 13.8 Å². The number of carboxylic acids is 1. The van der Waals surface area contributed by atoms with Crippen LogP contribution in [0.25, 0.3) is 0 Å². The number of carboxylic acid groups (broad SMARTS) is 1. The lowest BCUT2D eigenvalue weighted by atomic mass is 9.76. The Kier molecular flexibility index (Phi) is 3.89. The van der Waals surface area contributed by atoms with Gasteiger partial charge in [-0.15, -0.1) is 0 Å². The Morgan fingerprint density at radius 1 is 1.43 bits per heavy atom. The Balaban J connectivity index is 2.38. The van der Waals surface area contributed by atoms with Crippen LogP contribution in [0.1, 0.15) is 37.0 Å². The third-order valence-electron chi connectivity index (χ3n) is 3.99. The second-order valence-electron chi connectivity index (χ2n) is 6.07. The summed E-state index contributed by atoms with van der Waals surface area (Å²) < 4.78 is 13.9. The van der Waals surface area contributed by atoms with Crippen LogP contribution in [0, 0.1) is 11.2 Å². The maximum absolute atomic E-state index is 13.9. The van der Waals surface area contributed by atoms with Gasteiger partial charge in [-0.05, 0) is 36.5 Å². The van der Waals surface area contributed by atoms with E-state index in [0.29, 0.717) is 19.4 Å². The highest BCUT2D eigenvalue weighted by Gasteiger charge is 2.45. The summed E-state index contributed by atoms with van der Waals surface area (Å²) in [6.45, 7) is 3.93. The van der Waals surface area contributed by atoms with E-state index in [2.05, 4.69) is 0 Å². The summed E-state index contributed by atoms with van der Waals surface area (Å²) in [6, 6.07) is 2.84. The summed E-state index contributed by atoms with van der Waals surface area (Å²) in [5, 5.41) is 9.45. The van der Waals surface area contributed by atoms with Crippen molar-refractivity contribution in [3.63, 3.8) is 0 Å². The first-order chi connectivity index (χ1) is 9.74. The first-order valence-corrected chi connectivity index (χ1v) is 6.83. The predicted octanol–water partition coefficient (Wildman–Crippen LogP) is 2.12. The number of piperidine rings is 1. The fourth-order valence-corrected chi connectivity index (χ4v) is 2.94. The predicted molar refractivity (Wildman–Crippen MR) is 76.3 cm³/mol. The van der Waals surface area contributed by atoms with E-state index in [1.54, 1.807) is 0 Å². The van der Waals surface area contributed by atoms with Gasteiger partial charge >= 0.3 is 5.97 Å². The Hall–Kier alpha value is -2.11. The van der Waals surface area contributed by atoms with Gasteiger partial charge in [-0.3, -0.25) is 4.79 Å². The minimum Gasteiger partial charge on any atom is -0.480 e. The van der Waals surface area contributed by atoms with Gasteiger partial charge in [0.15, 0.2) is 0 Å². The zero-order chi connectivity index (χ0) is 15.8. The SMILES string of the molecule is CC1(C)CCCN(C(=O)c2ccc(N)cc2F)C1C(=O)O. The number of aliphatic carboxylic acids is 1. The standard InChI is InChI=1S/C15H19FN2O3/c1-15(2)6-3-7-18(12(15)14(20)21)13(19)10-5-4-9(17)8-11(10)16/h4-5,8,12H,3,6-7,17H2,1-2H3,(H,20,21). The zero-order valence-electron chi connectivity index (χ0n) is 12.1. The quantitative estimate of drug-likeness (QED) is 0.818. The van der Waals surface area contributed by atoms with Crippen LogP contribution in [-0.4, -0.2) is 34.5 Å². The number of nitrogens with two attached hydrogens (primary N) is 1. The zero-order valence-corrected chi connectivity index (χ0v) is 12.1. The molecular formula is C15H19FN2O3. The van der Waals surface area contributed by atoms with Crippen molar-refractivity contribution in [3.8, 4) is 0 Å². The molecule has 1 aromatic rings. The van der Waals surface area contributed by atoms with E-state index >= 15 is 0 Å². The number of amides is 1. The van der Waals surface area contributed by atoms with E-state index in [1.165, 1.54) is 17.0 Å². The highest BCUT2D eigenvalue weighted by molar-refractivity contribution is 5.97. The molecule has 5 nitrogen and oxygen atoms in total. The number of carbonyl (C=O) groups excluding carboxylic acids is 1. The smallest absolute Gasteiger partial charge is 0.326 e. The molecule has 1 amide bonds. The fraction of sp³-hybridized carbons (Fsp3) is 0.467. The number of halogens is 1. The third kappa shape index (κ3) is 2.84. The first kappa shape index (κ1) is 15.3. The summed E-state index contributed by atoms with van der Waals surface area (Å²) in [5.41, 5.74) is 4.99. The number of rotatable bonds is 2. The summed E-state index contributed by atoms with van der Waals surface area (Å²) in [6.07, 6.45) is 1.40. The number of nitrogens with zero attached hydrogens (tertiary/aromatic N) is 1. The van der Waals surface area contributed by atoms with Crippen LogP contribution in [-0.2, 0) is 4.79 Å². The van der Waals surface area contributed by atoms with Gasteiger partial charge in [0.25, 0.3) is 5.91 Å². The lowest BCUT2D eigenvalue weighted by Crippen LogP contribution is -2.56. The molecule has 2 rings (SSSR count). The first-order valence-electron chi connectivity index (χ1n) is 6.83. The molecule has 1 saturated heterocycles. The second kappa shape index (κ2) is 5.35. The molecule has 1 aliphatic rings. The van der Waals surface area contributed by atoms with Crippen molar-refractivity contribution in [1.29, 1.82) is 0 Å². The molecule has 1 heterocycles. The fourth-order valence-electron chi connectivity index (χ4n) is 2.94. The normalized spacial score (nSPS) is 21.1. The van der Waals surface area contributed by atoms with E-state index in [4.69, 9.17) is 5.73 Å². The molecule has 1 aliphatic heterocycles. The van der Waals surface area contributed by atoms with Crippen molar-refractivity contribution in [2.75, 3.05) is 12.3 Å². The summed E-state index contributed by atoms with van der Waals surface area (Å²) >= 11 is 0. The van der Waals surface area contributed by atoms with Crippen molar-refractivity contribution < 1.29 is 19.1 Å². The maximum Gasteiger partial charge on any atom is 0.326 e. The molecule has 1 fully saturated rings. The van der Waals surface area contributed by atoms with Crippen molar-refractivity contribution >= 4 is 17.6 Å². The van der Waals surface area contributed by atoms with Crippen LogP contribution in [0.3, 0.4) is 0 Å². The Labute approximate surface area is 122 Å². The van der Waals surface area contributed by atoms with Crippen LogP contribution in [0.2, 0.25) is 0 Å². The van der Waals surface area contributed by atoms with E-state index < -0.39 is 29.2 Å². The minimum absolute atomic E-state index is 0.145. The van der Waals surface area contributed by atoms with E-state index in [1.807, 2.05) is 13.8 Å².